The summed E-state index contributed by atoms with van der Waals surface area (Å²) in [7, 11) is 0. The van der Waals surface area contributed by atoms with E-state index in [1.807, 2.05) is 24.3 Å². The van der Waals surface area contributed by atoms with E-state index in [0.29, 0.717) is 40.5 Å². The molecule has 2 aromatic carbocycles. The molecule has 156 valence electrons. The molecule has 1 amide bonds. The van der Waals surface area contributed by atoms with Gasteiger partial charge in [0.05, 0.1) is 24.8 Å². The molecule has 4 rings (SSSR count). The number of thioether (sulfide) groups is 1. The summed E-state index contributed by atoms with van der Waals surface area (Å²) in [5, 5.41) is 14.4. The molecule has 1 aliphatic heterocycles. The standard InChI is InChI=1S/C20H20ClN5O3S/c21-14-8-12-10-29-9-11-2-1-3-13(16(11)12)17(14)18-24-19(22)26-20(25-18)30-7-4-15(28)23-5-6-27/h1-3,8,27H,4-7,9-10H2,(H,23,28)(H2,22,24,25,26). The Morgan fingerprint density at radius 1 is 1.27 bits per heavy atom. The van der Waals surface area contributed by atoms with Crippen LogP contribution in [-0.4, -0.2) is 44.9 Å². The minimum absolute atomic E-state index is 0.0897. The van der Waals surface area contributed by atoms with Gasteiger partial charge in [-0.2, -0.15) is 9.97 Å². The normalized spacial score (nSPS) is 12.9. The van der Waals surface area contributed by atoms with Crippen LogP contribution in [0.15, 0.2) is 29.4 Å². The third kappa shape index (κ3) is 4.34. The first-order valence-electron chi connectivity index (χ1n) is 9.40. The molecule has 0 unspecified atom stereocenters. The van der Waals surface area contributed by atoms with Gasteiger partial charge >= 0.3 is 0 Å². The fourth-order valence-electron chi connectivity index (χ4n) is 3.41. The first-order valence-corrected chi connectivity index (χ1v) is 10.8. The monoisotopic (exact) mass is 445 g/mol. The van der Waals surface area contributed by atoms with E-state index < -0.39 is 0 Å². The third-order valence-electron chi connectivity index (χ3n) is 4.65. The van der Waals surface area contributed by atoms with Gasteiger partial charge in [-0.15, -0.1) is 0 Å². The predicted molar refractivity (Wildman–Crippen MR) is 116 cm³/mol. The number of nitrogen functional groups attached to an aromatic ring is 1. The lowest BCUT2D eigenvalue weighted by Crippen LogP contribution is -2.26. The number of nitrogens with one attached hydrogen (secondary N) is 1. The number of hydrogen-bond acceptors (Lipinski definition) is 8. The minimum Gasteiger partial charge on any atom is -0.395 e. The van der Waals surface area contributed by atoms with Gasteiger partial charge in [-0.25, -0.2) is 4.98 Å². The van der Waals surface area contributed by atoms with Crippen molar-refractivity contribution in [1.29, 1.82) is 0 Å². The van der Waals surface area contributed by atoms with Crippen LogP contribution in [0.3, 0.4) is 0 Å². The highest BCUT2D eigenvalue weighted by Gasteiger charge is 2.21. The van der Waals surface area contributed by atoms with Crippen molar-refractivity contribution in [3.8, 4) is 11.4 Å². The average molecular weight is 446 g/mol. The number of anilines is 1. The zero-order chi connectivity index (χ0) is 21.1. The Morgan fingerprint density at radius 3 is 2.93 bits per heavy atom. The van der Waals surface area contributed by atoms with Crippen molar-refractivity contribution in [2.45, 2.75) is 24.8 Å². The summed E-state index contributed by atoms with van der Waals surface area (Å²) in [4.78, 5) is 24.7. The van der Waals surface area contributed by atoms with E-state index in [2.05, 4.69) is 20.3 Å². The Morgan fingerprint density at radius 2 is 2.10 bits per heavy atom. The molecule has 3 aromatic rings. The lowest BCUT2D eigenvalue weighted by molar-refractivity contribution is -0.120. The predicted octanol–water partition coefficient (Wildman–Crippen LogP) is 2.55. The largest absolute Gasteiger partial charge is 0.395 e. The molecule has 0 saturated heterocycles. The number of rotatable bonds is 7. The molecule has 1 aromatic heterocycles. The Balaban J connectivity index is 1.65. The van der Waals surface area contributed by atoms with Gasteiger partial charge in [-0.3, -0.25) is 4.79 Å². The summed E-state index contributed by atoms with van der Waals surface area (Å²) in [6.07, 6.45) is 0.271. The second-order valence-corrected chi connectivity index (χ2v) is 8.17. The number of carbonyl (C=O) groups excluding carboxylic acids is 1. The van der Waals surface area contributed by atoms with Gasteiger partial charge in [-0.1, -0.05) is 41.6 Å². The number of nitrogens with zero attached hydrogens (tertiary/aromatic N) is 3. The van der Waals surface area contributed by atoms with Crippen LogP contribution < -0.4 is 11.1 Å². The molecule has 10 heteroatoms. The molecule has 4 N–H and O–H groups in total. The van der Waals surface area contributed by atoms with Crippen LogP contribution in [0.2, 0.25) is 5.02 Å². The van der Waals surface area contributed by atoms with Gasteiger partial charge in [0.25, 0.3) is 0 Å². The van der Waals surface area contributed by atoms with E-state index >= 15 is 0 Å². The molecular weight excluding hydrogens is 426 g/mol. The lowest BCUT2D eigenvalue weighted by Gasteiger charge is -2.20. The van der Waals surface area contributed by atoms with Crippen molar-refractivity contribution < 1.29 is 14.6 Å². The molecule has 0 spiro atoms. The number of nitrogens with two attached hydrogens (primary N) is 1. The molecule has 0 atom stereocenters. The number of carbonyl (C=O) groups is 1. The first kappa shape index (κ1) is 20.8. The van der Waals surface area contributed by atoms with E-state index in [9.17, 15) is 4.79 Å². The Labute approximate surface area is 182 Å². The smallest absolute Gasteiger partial charge is 0.224 e. The molecule has 0 bridgehead atoms. The number of hydrogen-bond donors (Lipinski definition) is 3. The number of benzene rings is 2. The summed E-state index contributed by atoms with van der Waals surface area (Å²) in [6.45, 7) is 1.20. The Kier molecular flexibility index (Phi) is 6.33. The number of aliphatic hydroxyl groups excluding tert-OH is 1. The van der Waals surface area contributed by atoms with E-state index in [1.165, 1.54) is 11.8 Å². The fraction of sp³-hybridized carbons (Fsp3) is 0.300. The SMILES string of the molecule is Nc1nc(SCCC(=O)NCCO)nc(-c2c(Cl)cc3c4c(cccc24)COC3)n1. The molecule has 1 aliphatic rings. The number of halogens is 1. The van der Waals surface area contributed by atoms with E-state index in [1.54, 1.807) is 0 Å². The second-order valence-electron chi connectivity index (χ2n) is 6.70. The van der Waals surface area contributed by atoms with Crippen LogP contribution in [0.25, 0.3) is 22.2 Å². The van der Waals surface area contributed by atoms with Crippen LogP contribution in [0.5, 0.6) is 0 Å². The molecule has 30 heavy (non-hydrogen) atoms. The maximum atomic E-state index is 11.7. The highest BCUT2D eigenvalue weighted by atomic mass is 35.5. The average Bonchev–Trinajstić information content (AvgIpc) is 2.72. The van der Waals surface area contributed by atoms with E-state index in [4.69, 9.17) is 27.2 Å². The molecule has 0 fully saturated rings. The molecule has 8 nitrogen and oxygen atoms in total. The highest BCUT2D eigenvalue weighted by Crippen LogP contribution is 2.39. The summed E-state index contributed by atoms with van der Waals surface area (Å²) >= 11 is 7.93. The molecule has 0 radical (unpaired) electrons. The van der Waals surface area contributed by atoms with Crippen molar-refractivity contribution in [3.05, 3.63) is 40.4 Å². The highest BCUT2D eigenvalue weighted by molar-refractivity contribution is 7.99. The van der Waals surface area contributed by atoms with Crippen molar-refractivity contribution in [3.63, 3.8) is 0 Å². The Hall–Kier alpha value is -2.46. The lowest BCUT2D eigenvalue weighted by atomic mass is 9.94. The Bertz CT molecular complexity index is 1110. The van der Waals surface area contributed by atoms with Gasteiger partial charge in [0, 0.05) is 24.3 Å². The molecular formula is C20H20ClN5O3S. The van der Waals surface area contributed by atoms with Crippen LogP contribution >= 0.6 is 23.4 Å². The van der Waals surface area contributed by atoms with Crippen molar-refractivity contribution in [2.24, 2.45) is 0 Å². The second kappa shape index (κ2) is 9.13. The van der Waals surface area contributed by atoms with E-state index in [0.717, 1.165) is 21.9 Å². The first-order chi connectivity index (χ1) is 14.6. The third-order valence-corrected chi connectivity index (χ3v) is 5.79. The van der Waals surface area contributed by atoms with Crippen LogP contribution in [0.4, 0.5) is 5.95 Å². The van der Waals surface area contributed by atoms with Gasteiger partial charge < -0.3 is 20.9 Å². The van der Waals surface area contributed by atoms with Crippen LogP contribution in [0.1, 0.15) is 17.5 Å². The summed E-state index contributed by atoms with van der Waals surface area (Å²) in [5.74, 6) is 0.810. The van der Waals surface area contributed by atoms with Gasteiger partial charge in [0.2, 0.25) is 11.9 Å². The van der Waals surface area contributed by atoms with Crippen molar-refractivity contribution in [2.75, 3.05) is 24.6 Å². The maximum Gasteiger partial charge on any atom is 0.224 e. The van der Waals surface area contributed by atoms with Crippen molar-refractivity contribution >= 4 is 46.0 Å². The quantitative estimate of drug-likeness (QED) is 0.474. The zero-order valence-corrected chi connectivity index (χ0v) is 17.6. The molecule has 0 aliphatic carbocycles. The van der Waals surface area contributed by atoms with Crippen LogP contribution in [-0.2, 0) is 22.7 Å². The topological polar surface area (TPSA) is 123 Å². The van der Waals surface area contributed by atoms with E-state index in [-0.39, 0.29) is 31.4 Å². The van der Waals surface area contributed by atoms with Gasteiger partial charge in [0.15, 0.2) is 11.0 Å². The summed E-state index contributed by atoms with van der Waals surface area (Å²) < 4.78 is 5.64. The zero-order valence-electron chi connectivity index (χ0n) is 16.0. The fourth-order valence-corrected chi connectivity index (χ4v) is 4.51. The summed E-state index contributed by atoms with van der Waals surface area (Å²) in [6, 6.07) is 7.88. The minimum atomic E-state index is -0.146. The van der Waals surface area contributed by atoms with Gasteiger partial charge in [0.1, 0.15) is 0 Å². The van der Waals surface area contributed by atoms with Gasteiger partial charge in [-0.05, 0) is 28.0 Å². The number of amides is 1. The van der Waals surface area contributed by atoms with Crippen molar-refractivity contribution in [1.82, 2.24) is 20.3 Å². The number of aromatic nitrogens is 3. The van der Waals surface area contributed by atoms with Crippen LogP contribution in [0, 0.1) is 0 Å². The number of aliphatic hydroxyl groups is 1. The molecule has 2 heterocycles. The maximum absolute atomic E-state index is 11.7. The summed E-state index contributed by atoms with van der Waals surface area (Å²) in [5.41, 5.74) is 8.77. The molecule has 0 saturated carbocycles. The number of ether oxygens (including phenoxy) is 1.